The molecule has 1 unspecified atom stereocenters. The lowest BCUT2D eigenvalue weighted by atomic mass is 10.1. The lowest BCUT2D eigenvalue weighted by Gasteiger charge is -2.17. The zero-order valence-electron chi connectivity index (χ0n) is 13.2. The molecule has 0 aromatic heterocycles. The molecule has 7 heteroatoms. The van der Waals surface area contributed by atoms with Gasteiger partial charge in [0.2, 0.25) is 5.91 Å². The summed E-state index contributed by atoms with van der Waals surface area (Å²) < 4.78 is 5.20. The smallest absolute Gasteiger partial charge is 0.327 e. The molecule has 3 rings (SSSR count). The van der Waals surface area contributed by atoms with E-state index in [1.165, 1.54) is 18.9 Å². The first-order chi connectivity index (χ1) is 11.0. The molecule has 122 valence electrons. The van der Waals surface area contributed by atoms with Crippen molar-refractivity contribution in [1.82, 2.24) is 9.80 Å². The van der Waals surface area contributed by atoms with Gasteiger partial charge in [0.25, 0.3) is 5.91 Å². The van der Waals surface area contributed by atoms with Crippen LogP contribution < -0.4 is 10.1 Å². The normalized spacial score (nSPS) is 20.0. The lowest BCUT2D eigenvalue weighted by molar-refractivity contribution is -0.128. The van der Waals surface area contributed by atoms with E-state index >= 15 is 0 Å². The number of hydrogen-bond acceptors (Lipinski definition) is 4. The van der Waals surface area contributed by atoms with Gasteiger partial charge in [-0.05, 0) is 30.5 Å². The summed E-state index contributed by atoms with van der Waals surface area (Å²) in [5.74, 6) is 0.183. The van der Waals surface area contributed by atoms with Crippen molar-refractivity contribution in [2.75, 3.05) is 19.0 Å². The van der Waals surface area contributed by atoms with Crippen LogP contribution in [0.1, 0.15) is 25.3 Å². The quantitative estimate of drug-likeness (QED) is 0.855. The first-order valence-electron chi connectivity index (χ1n) is 7.57. The highest BCUT2D eigenvalue weighted by Crippen LogP contribution is 2.30. The van der Waals surface area contributed by atoms with Gasteiger partial charge in [-0.3, -0.25) is 14.5 Å². The molecule has 2 fully saturated rings. The number of benzene rings is 1. The Labute approximate surface area is 134 Å². The molecule has 1 aromatic carbocycles. The number of ether oxygens (including phenoxy) is 1. The maximum atomic E-state index is 12.4. The highest BCUT2D eigenvalue weighted by atomic mass is 16.5. The van der Waals surface area contributed by atoms with Gasteiger partial charge < -0.3 is 15.0 Å². The number of nitrogens with one attached hydrogen (secondary N) is 1. The van der Waals surface area contributed by atoms with E-state index in [2.05, 4.69) is 5.32 Å². The lowest BCUT2D eigenvalue weighted by Crippen LogP contribution is -2.32. The third-order valence-electron chi connectivity index (χ3n) is 4.20. The van der Waals surface area contributed by atoms with Crippen molar-refractivity contribution in [2.24, 2.45) is 0 Å². The summed E-state index contributed by atoms with van der Waals surface area (Å²) in [6, 6.07) is 4.70. The molecule has 2 aliphatic rings. The highest BCUT2D eigenvalue weighted by molar-refractivity contribution is 6.04. The molecule has 0 bridgehead atoms. The van der Waals surface area contributed by atoms with Gasteiger partial charge >= 0.3 is 6.03 Å². The summed E-state index contributed by atoms with van der Waals surface area (Å²) in [5.41, 5.74) is 1.29. The molecule has 0 saturated carbocycles. The first kappa shape index (κ1) is 15.3. The summed E-state index contributed by atoms with van der Waals surface area (Å²) >= 11 is 0. The number of methoxy groups -OCH3 is 1. The van der Waals surface area contributed by atoms with E-state index < -0.39 is 0 Å². The average molecular weight is 317 g/mol. The van der Waals surface area contributed by atoms with Crippen LogP contribution in [0.5, 0.6) is 5.75 Å². The Morgan fingerprint density at radius 2 is 2.17 bits per heavy atom. The monoisotopic (exact) mass is 317 g/mol. The number of urea groups is 1. The second-order valence-corrected chi connectivity index (χ2v) is 5.77. The minimum Gasteiger partial charge on any atom is -0.495 e. The Hall–Kier alpha value is -2.57. The van der Waals surface area contributed by atoms with Crippen LogP contribution in [0.25, 0.3) is 0 Å². The third-order valence-corrected chi connectivity index (χ3v) is 4.20. The van der Waals surface area contributed by atoms with Crippen molar-refractivity contribution < 1.29 is 19.1 Å². The molecular formula is C16H19N3O4. The SMILES string of the molecule is COc1ccc(CN2C(=O)C3CCCN3C2=O)cc1NC(C)=O. The first-order valence-corrected chi connectivity index (χ1v) is 7.57. The number of imide groups is 1. The van der Waals surface area contributed by atoms with E-state index in [4.69, 9.17) is 4.74 Å². The summed E-state index contributed by atoms with van der Waals surface area (Å²) in [4.78, 5) is 38.9. The Morgan fingerprint density at radius 1 is 1.39 bits per heavy atom. The fourth-order valence-corrected chi connectivity index (χ4v) is 3.15. The predicted molar refractivity (Wildman–Crippen MR) is 83.0 cm³/mol. The van der Waals surface area contributed by atoms with Crippen molar-refractivity contribution in [3.63, 3.8) is 0 Å². The van der Waals surface area contributed by atoms with Crippen molar-refractivity contribution in [1.29, 1.82) is 0 Å². The number of anilines is 1. The fraction of sp³-hybridized carbons (Fsp3) is 0.438. The van der Waals surface area contributed by atoms with Crippen LogP contribution in [0.4, 0.5) is 10.5 Å². The Bertz CT molecular complexity index is 651. The summed E-state index contributed by atoms with van der Waals surface area (Å²) in [7, 11) is 1.52. The van der Waals surface area contributed by atoms with Gasteiger partial charge in [-0.25, -0.2) is 4.79 Å². The minimum atomic E-state index is -0.296. The summed E-state index contributed by atoms with van der Waals surface area (Å²) in [5, 5.41) is 2.69. The average Bonchev–Trinajstić information content (AvgIpc) is 3.07. The van der Waals surface area contributed by atoms with Crippen LogP contribution in [0.2, 0.25) is 0 Å². The molecule has 23 heavy (non-hydrogen) atoms. The molecule has 2 saturated heterocycles. The van der Waals surface area contributed by atoms with Gasteiger partial charge in [0.15, 0.2) is 0 Å². The highest BCUT2D eigenvalue weighted by Gasteiger charge is 2.47. The molecular weight excluding hydrogens is 298 g/mol. The van der Waals surface area contributed by atoms with Gasteiger partial charge in [-0.2, -0.15) is 0 Å². The van der Waals surface area contributed by atoms with E-state index in [-0.39, 0.29) is 30.4 Å². The Morgan fingerprint density at radius 3 is 2.83 bits per heavy atom. The predicted octanol–water partition coefficient (Wildman–Crippen LogP) is 1.58. The van der Waals surface area contributed by atoms with Gasteiger partial charge in [-0.1, -0.05) is 6.07 Å². The van der Waals surface area contributed by atoms with Crippen molar-refractivity contribution in [3.8, 4) is 5.75 Å². The summed E-state index contributed by atoms with van der Waals surface area (Å²) in [6.45, 7) is 2.25. The van der Waals surface area contributed by atoms with Crippen LogP contribution in [-0.2, 0) is 16.1 Å². The standard InChI is InChI=1S/C16H19N3O4/c1-10(20)17-12-8-11(5-6-14(12)23-2)9-19-15(21)13-4-3-7-18(13)16(19)22/h5-6,8,13H,3-4,7,9H2,1-2H3,(H,17,20). The van der Waals surface area contributed by atoms with Gasteiger partial charge in [-0.15, -0.1) is 0 Å². The molecule has 7 nitrogen and oxygen atoms in total. The Balaban J connectivity index is 1.81. The van der Waals surface area contributed by atoms with Crippen LogP contribution in [0.15, 0.2) is 18.2 Å². The molecule has 0 radical (unpaired) electrons. The fourth-order valence-electron chi connectivity index (χ4n) is 3.15. The van der Waals surface area contributed by atoms with E-state index in [9.17, 15) is 14.4 Å². The molecule has 1 atom stereocenters. The van der Waals surface area contributed by atoms with E-state index in [1.54, 1.807) is 23.1 Å². The zero-order valence-corrected chi connectivity index (χ0v) is 13.2. The van der Waals surface area contributed by atoms with Gasteiger partial charge in [0, 0.05) is 13.5 Å². The molecule has 0 aliphatic carbocycles. The topological polar surface area (TPSA) is 79.0 Å². The number of fused-ring (bicyclic) bond motifs is 1. The number of carbonyl (C=O) groups excluding carboxylic acids is 3. The molecule has 4 amide bonds. The minimum absolute atomic E-state index is 0.135. The number of hydrogen-bond donors (Lipinski definition) is 1. The Kier molecular flexibility index (Phi) is 3.94. The van der Waals surface area contributed by atoms with Crippen LogP contribution in [0.3, 0.4) is 0 Å². The number of amides is 4. The van der Waals surface area contributed by atoms with Gasteiger partial charge in [0.05, 0.1) is 19.3 Å². The molecule has 1 N–H and O–H groups in total. The van der Waals surface area contributed by atoms with E-state index in [1.807, 2.05) is 0 Å². The molecule has 1 aromatic rings. The van der Waals surface area contributed by atoms with E-state index in [0.717, 1.165) is 18.4 Å². The largest absolute Gasteiger partial charge is 0.495 e. The number of nitrogens with zero attached hydrogens (tertiary/aromatic N) is 2. The maximum Gasteiger partial charge on any atom is 0.327 e. The van der Waals surface area contributed by atoms with Crippen molar-refractivity contribution in [2.45, 2.75) is 32.4 Å². The van der Waals surface area contributed by atoms with Crippen LogP contribution in [0, 0.1) is 0 Å². The second-order valence-electron chi connectivity index (χ2n) is 5.77. The van der Waals surface area contributed by atoms with Crippen molar-refractivity contribution >= 4 is 23.5 Å². The van der Waals surface area contributed by atoms with Crippen LogP contribution in [-0.4, -0.2) is 47.3 Å². The van der Waals surface area contributed by atoms with Crippen LogP contribution >= 0.6 is 0 Å². The molecule has 2 aliphatic heterocycles. The maximum absolute atomic E-state index is 12.4. The number of carbonyl (C=O) groups is 3. The van der Waals surface area contributed by atoms with Crippen molar-refractivity contribution in [3.05, 3.63) is 23.8 Å². The molecule has 2 heterocycles. The van der Waals surface area contributed by atoms with Gasteiger partial charge in [0.1, 0.15) is 11.8 Å². The molecule has 0 spiro atoms. The number of rotatable bonds is 4. The third kappa shape index (κ3) is 2.74. The zero-order chi connectivity index (χ0) is 16.6. The second kappa shape index (κ2) is 5.91. The summed E-state index contributed by atoms with van der Waals surface area (Å²) in [6.07, 6.45) is 1.62. The van der Waals surface area contributed by atoms with E-state index in [0.29, 0.717) is 18.0 Å².